The first kappa shape index (κ1) is 52.9. The van der Waals surface area contributed by atoms with Crippen LogP contribution in [0.2, 0.25) is 0 Å². The van der Waals surface area contributed by atoms with Gasteiger partial charge in [-0.1, -0.05) is 58.0 Å². The third-order valence-corrected chi connectivity index (χ3v) is 14.0. The van der Waals surface area contributed by atoms with Crippen molar-refractivity contribution in [2.24, 2.45) is 23.7 Å². The van der Waals surface area contributed by atoms with Gasteiger partial charge in [-0.05, 0) is 86.9 Å². The van der Waals surface area contributed by atoms with Crippen molar-refractivity contribution in [2.45, 2.75) is 186 Å². The molecule has 0 radical (unpaired) electrons. The maximum Gasteiger partial charge on any atom is 0.407 e. The van der Waals surface area contributed by atoms with Gasteiger partial charge in [0.15, 0.2) is 18.7 Å². The molecule has 360 valence electrons. The number of nitrogens with one attached hydrogen (secondary N) is 1. The van der Waals surface area contributed by atoms with Gasteiger partial charge in [-0.3, -0.25) is 9.59 Å². The van der Waals surface area contributed by atoms with Crippen molar-refractivity contribution in [2.75, 3.05) is 34.9 Å². The molecule has 4 rings (SSSR count). The van der Waals surface area contributed by atoms with Crippen LogP contribution in [0.25, 0.3) is 0 Å². The van der Waals surface area contributed by atoms with E-state index in [-0.39, 0.29) is 37.2 Å². The minimum Gasteiger partial charge on any atom is -0.459 e. The zero-order valence-electron chi connectivity index (χ0n) is 40.1. The molecule has 0 bridgehead atoms. The Labute approximate surface area is 374 Å². The second-order valence-electron chi connectivity index (χ2n) is 19.2. The first-order valence-electron chi connectivity index (χ1n) is 22.6. The van der Waals surface area contributed by atoms with Crippen LogP contribution in [0.4, 0.5) is 4.79 Å². The molecule has 0 aliphatic carbocycles. The molecule has 1 aromatic rings. The second-order valence-corrected chi connectivity index (χ2v) is 19.2. The van der Waals surface area contributed by atoms with Crippen molar-refractivity contribution in [3.05, 3.63) is 35.9 Å². The summed E-state index contributed by atoms with van der Waals surface area (Å²) in [7, 11) is 6.77. The number of ketones is 1. The van der Waals surface area contributed by atoms with Gasteiger partial charge in [0.2, 0.25) is 0 Å². The summed E-state index contributed by atoms with van der Waals surface area (Å²) in [6.07, 6.45) is -9.18. The van der Waals surface area contributed by atoms with Crippen molar-refractivity contribution >= 4 is 17.8 Å². The van der Waals surface area contributed by atoms with E-state index in [4.69, 9.17) is 37.9 Å². The fourth-order valence-corrected chi connectivity index (χ4v) is 9.90. The largest absolute Gasteiger partial charge is 0.459 e. The van der Waals surface area contributed by atoms with Gasteiger partial charge in [0.25, 0.3) is 0 Å². The molecule has 3 saturated heterocycles. The van der Waals surface area contributed by atoms with Crippen LogP contribution in [0, 0.1) is 23.7 Å². The van der Waals surface area contributed by atoms with E-state index in [9.17, 15) is 29.7 Å². The highest BCUT2D eigenvalue weighted by atomic mass is 16.7. The molecule has 4 N–H and O–H groups in total. The monoisotopic (exact) mass is 895 g/mol. The number of esters is 1. The maximum atomic E-state index is 14.4. The molecule has 1 amide bonds. The van der Waals surface area contributed by atoms with E-state index in [0.717, 1.165) is 5.56 Å². The Morgan fingerprint density at radius 1 is 0.889 bits per heavy atom. The minimum atomic E-state index is -2.00. The number of likely N-dealkylation sites (N-methyl/N-ethyl adjacent to an activating group) is 1. The van der Waals surface area contributed by atoms with E-state index >= 15 is 0 Å². The number of Topliss-reactive ketones (excluding diaryl/α,β-unsaturated/α-hetero) is 1. The Morgan fingerprint density at radius 3 is 2.10 bits per heavy atom. The molecule has 3 aliphatic rings. The van der Waals surface area contributed by atoms with E-state index in [1.165, 1.54) is 21.1 Å². The first-order chi connectivity index (χ1) is 29.4. The predicted molar refractivity (Wildman–Crippen MR) is 233 cm³/mol. The molecule has 0 saturated carbocycles. The first-order valence-corrected chi connectivity index (χ1v) is 22.6. The van der Waals surface area contributed by atoms with Gasteiger partial charge in [0.05, 0.1) is 42.0 Å². The van der Waals surface area contributed by atoms with Gasteiger partial charge < -0.3 is 63.4 Å². The average molecular weight is 895 g/mol. The second kappa shape index (κ2) is 22.1. The standard InChI is InChI=1S/C47H78N2O14/c1-15-34-47(10,55)39(52)28(4)36(50)26(2)24-45(8,56-13)40(62-43-37(51)33(49(11)12)23-27(3)58-43)29(5)38(30(6)42(53)60-34)61-35-25-46(9,57-14)41(31(7)59-35)63-44(54)48-22-21-32-19-17-16-18-20-32/h16-20,26-31,33-35,37-41,43,51-52,55H,15,21-25H2,1-14H3,(H,48,54)/t26-,27-,28+,29+,30-,31+,33+,34-,35+,37-,38+,39-,40-,41+,43+,45-,46-,47-/m1/s1. The van der Waals surface area contributed by atoms with Crippen LogP contribution in [-0.4, -0.2) is 157 Å². The molecule has 16 nitrogen and oxygen atoms in total. The number of nitrogens with zero attached hydrogens (tertiary/aromatic N) is 1. The molecule has 0 aromatic heterocycles. The number of methoxy groups -OCH3 is 2. The molecule has 0 spiro atoms. The number of aliphatic hydroxyl groups is 3. The lowest BCUT2D eigenvalue weighted by molar-refractivity contribution is -0.319. The van der Waals surface area contributed by atoms with Gasteiger partial charge in [-0.2, -0.15) is 0 Å². The lowest BCUT2D eigenvalue weighted by atomic mass is 9.74. The molecule has 18 atom stereocenters. The van der Waals surface area contributed by atoms with Gasteiger partial charge in [-0.25, -0.2) is 4.79 Å². The number of cyclic esters (lactones) is 1. The summed E-state index contributed by atoms with van der Waals surface area (Å²) >= 11 is 0. The molecule has 1 aromatic carbocycles. The zero-order chi connectivity index (χ0) is 47.2. The van der Waals surface area contributed by atoms with Crippen LogP contribution in [-0.2, 0) is 53.9 Å². The van der Waals surface area contributed by atoms with Crippen molar-refractivity contribution < 1.29 is 67.6 Å². The SMILES string of the molecule is CC[C@H]1OC(=O)[C@H](C)[C@@H](O[C@H]2C[C@@](C)(OC)[C@@H](OC(=O)NCCc3ccccc3)[C@H](C)O2)[C@H](C)[C@@H](O[C@@H]2O[C@H](C)C[C@H](N(C)C)[C@H]2O)[C@](C)(OC)C[C@@H](C)C(=O)[C@H](C)[C@@H](O)[C@]1(C)O. The van der Waals surface area contributed by atoms with Crippen LogP contribution in [0.3, 0.4) is 0 Å². The Bertz CT molecular complexity index is 1630. The summed E-state index contributed by atoms with van der Waals surface area (Å²) in [4.78, 5) is 43.6. The highest BCUT2D eigenvalue weighted by molar-refractivity contribution is 5.83. The number of carbonyl (C=O) groups excluding carboxylic acids is 3. The van der Waals surface area contributed by atoms with Crippen LogP contribution in [0.15, 0.2) is 30.3 Å². The van der Waals surface area contributed by atoms with Gasteiger partial charge in [-0.15, -0.1) is 0 Å². The highest BCUT2D eigenvalue weighted by Crippen LogP contribution is 2.42. The third-order valence-electron chi connectivity index (χ3n) is 14.0. The minimum absolute atomic E-state index is 0.0717. The van der Waals surface area contributed by atoms with Gasteiger partial charge in [0, 0.05) is 51.0 Å². The number of ether oxygens (including phenoxy) is 8. The van der Waals surface area contributed by atoms with Gasteiger partial charge in [0.1, 0.15) is 29.2 Å². The Balaban J connectivity index is 1.75. The summed E-state index contributed by atoms with van der Waals surface area (Å²) in [5.41, 5.74) is -3.34. The number of rotatable bonds is 12. The topological polar surface area (TPSA) is 201 Å². The van der Waals surface area contributed by atoms with Crippen LogP contribution in [0.1, 0.15) is 100 Å². The lowest BCUT2D eigenvalue weighted by Gasteiger charge is -2.50. The van der Waals surface area contributed by atoms with Crippen molar-refractivity contribution in [3.63, 3.8) is 0 Å². The zero-order valence-corrected chi connectivity index (χ0v) is 40.1. The number of hydrogen-bond acceptors (Lipinski definition) is 15. The van der Waals surface area contributed by atoms with E-state index in [1.807, 2.05) is 63.2 Å². The Hall–Kier alpha value is -2.77. The van der Waals surface area contributed by atoms with E-state index < -0.39 is 108 Å². The number of alkyl carbamates (subject to hydrolysis) is 1. The molecular formula is C47H78N2O14. The van der Waals surface area contributed by atoms with Crippen molar-refractivity contribution in [1.29, 1.82) is 0 Å². The third kappa shape index (κ3) is 12.4. The smallest absolute Gasteiger partial charge is 0.407 e. The highest BCUT2D eigenvalue weighted by Gasteiger charge is 2.55. The molecule has 0 unspecified atom stereocenters. The fraction of sp³-hybridized carbons (Fsp3) is 0.809. The number of carbonyl (C=O) groups is 3. The normalized spacial score (nSPS) is 42.3. The maximum absolute atomic E-state index is 14.4. The van der Waals surface area contributed by atoms with E-state index in [2.05, 4.69) is 5.32 Å². The van der Waals surface area contributed by atoms with E-state index in [0.29, 0.717) is 19.4 Å². The van der Waals surface area contributed by atoms with Crippen molar-refractivity contribution in [1.82, 2.24) is 10.2 Å². The molecule has 3 aliphatic heterocycles. The molecule has 3 fully saturated rings. The average Bonchev–Trinajstić information content (AvgIpc) is 3.24. The molecule has 63 heavy (non-hydrogen) atoms. The van der Waals surface area contributed by atoms with Gasteiger partial charge >= 0.3 is 12.1 Å². The summed E-state index contributed by atoms with van der Waals surface area (Å²) in [6.45, 7) is 17.5. The fourth-order valence-electron chi connectivity index (χ4n) is 9.90. The Kier molecular flexibility index (Phi) is 18.6. The van der Waals surface area contributed by atoms with Crippen molar-refractivity contribution in [3.8, 4) is 0 Å². The number of benzene rings is 1. The lowest BCUT2D eigenvalue weighted by Crippen LogP contribution is -2.62. The number of hydrogen-bond donors (Lipinski definition) is 4. The molecule has 16 heteroatoms. The predicted octanol–water partition coefficient (Wildman–Crippen LogP) is 4.42. The van der Waals surface area contributed by atoms with Crippen LogP contribution >= 0.6 is 0 Å². The number of aliphatic hydroxyl groups excluding tert-OH is 2. The summed E-state index contributed by atoms with van der Waals surface area (Å²) in [6, 6.07) is 9.46. The summed E-state index contributed by atoms with van der Waals surface area (Å²) in [5, 5.41) is 37.9. The quantitative estimate of drug-likeness (QED) is 0.215. The van der Waals surface area contributed by atoms with E-state index in [1.54, 1.807) is 48.5 Å². The summed E-state index contributed by atoms with van der Waals surface area (Å²) in [5.74, 6) is -4.67. The van der Waals surface area contributed by atoms with Crippen LogP contribution in [0.5, 0.6) is 0 Å². The Morgan fingerprint density at radius 2 is 1.51 bits per heavy atom. The molecule has 3 heterocycles. The summed E-state index contributed by atoms with van der Waals surface area (Å²) < 4.78 is 50.9. The number of amides is 1. The molecular weight excluding hydrogens is 817 g/mol. The van der Waals surface area contributed by atoms with Crippen LogP contribution < -0.4 is 5.32 Å².